The van der Waals surface area contributed by atoms with Crippen molar-refractivity contribution in [2.45, 2.75) is 38.5 Å². The number of hydrogen-bond donors (Lipinski definition) is 1. The molecule has 2 heteroatoms. The van der Waals surface area contributed by atoms with E-state index in [4.69, 9.17) is 11.6 Å². The minimum Gasteiger partial charge on any atom is -0.315 e. The fourth-order valence-electron chi connectivity index (χ4n) is 0.801. The zero-order valence-electron chi connectivity index (χ0n) is 6.99. The van der Waals surface area contributed by atoms with Crippen LogP contribution >= 0.6 is 11.6 Å². The van der Waals surface area contributed by atoms with Gasteiger partial charge in [-0.15, -0.1) is 11.6 Å². The van der Waals surface area contributed by atoms with Crippen LogP contribution in [0.2, 0.25) is 0 Å². The molecule has 0 fully saturated rings. The van der Waals surface area contributed by atoms with Crippen LogP contribution in [0.25, 0.3) is 0 Å². The van der Waals surface area contributed by atoms with E-state index in [0.29, 0.717) is 0 Å². The standard InChI is InChI=1S/C8H18ClN/c1-3-4-5-6-10-7-8(2)9/h8,10H,3-7H2,1-2H3. The fourth-order valence-corrected chi connectivity index (χ4v) is 0.910. The largest absolute Gasteiger partial charge is 0.315 e. The van der Waals surface area contributed by atoms with E-state index in [-0.39, 0.29) is 5.38 Å². The van der Waals surface area contributed by atoms with Crippen LogP contribution in [0, 0.1) is 0 Å². The molecule has 1 nitrogen and oxygen atoms in total. The molecule has 0 rings (SSSR count). The molecule has 0 aromatic carbocycles. The fraction of sp³-hybridized carbons (Fsp3) is 1.00. The number of halogens is 1. The minimum atomic E-state index is 0.265. The van der Waals surface area contributed by atoms with E-state index in [9.17, 15) is 0 Å². The quantitative estimate of drug-likeness (QED) is 0.469. The van der Waals surface area contributed by atoms with Crippen molar-refractivity contribution >= 4 is 11.6 Å². The van der Waals surface area contributed by atoms with Gasteiger partial charge in [-0.2, -0.15) is 0 Å². The average molecular weight is 164 g/mol. The number of hydrogen-bond acceptors (Lipinski definition) is 1. The Labute approximate surface area is 69.1 Å². The van der Waals surface area contributed by atoms with Crippen molar-refractivity contribution in [2.75, 3.05) is 13.1 Å². The molecule has 1 unspecified atom stereocenters. The third-order valence-corrected chi connectivity index (χ3v) is 1.54. The first-order chi connectivity index (χ1) is 4.77. The van der Waals surface area contributed by atoms with E-state index in [1.165, 1.54) is 19.3 Å². The monoisotopic (exact) mass is 163 g/mol. The van der Waals surface area contributed by atoms with E-state index in [0.717, 1.165) is 13.1 Å². The first kappa shape index (κ1) is 10.2. The van der Waals surface area contributed by atoms with Gasteiger partial charge < -0.3 is 5.32 Å². The molecular formula is C8H18ClN. The molecule has 0 radical (unpaired) electrons. The maximum Gasteiger partial charge on any atom is 0.0432 e. The van der Waals surface area contributed by atoms with Gasteiger partial charge >= 0.3 is 0 Å². The topological polar surface area (TPSA) is 12.0 Å². The van der Waals surface area contributed by atoms with Crippen molar-refractivity contribution in [3.8, 4) is 0 Å². The highest BCUT2D eigenvalue weighted by Gasteiger charge is 1.92. The summed E-state index contributed by atoms with van der Waals surface area (Å²) >= 11 is 5.73. The molecule has 0 aromatic rings. The van der Waals surface area contributed by atoms with Crippen LogP contribution in [-0.4, -0.2) is 18.5 Å². The average Bonchev–Trinajstić information content (AvgIpc) is 1.87. The minimum absolute atomic E-state index is 0.265. The van der Waals surface area contributed by atoms with Crippen molar-refractivity contribution in [1.82, 2.24) is 5.32 Å². The van der Waals surface area contributed by atoms with Crippen LogP contribution in [0.4, 0.5) is 0 Å². The number of rotatable bonds is 6. The molecule has 0 amide bonds. The SMILES string of the molecule is CCCCCNCC(C)Cl. The smallest absolute Gasteiger partial charge is 0.0432 e. The third-order valence-electron chi connectivity index (χ3n) is 1.38. The molecule has 10 heavy (non-hydrogen) atoms. The van der Waals surface area contributed by atoms with Crippen molar-refractivity contribution < 1.29 is 0 Å². The molecule has 0 aliphatic rings. The second-order valence-corrected chi connectivity index (χ2v) is 3.44. The number of nitrogens with one attached hydrogen (secondary N) is 1. The van der Waals surface area contributed by atoms with Crippen LogP contribution < -0.4 is 5.32 Å². The summed E-state index contributed by atoms with van der Waals surface area (Å²) in [6.45, 7) is 6.27. The lowest BCUT2D eigenvalue weighted by Crippen LogP contribution is -2.22. The first-order valence-corrected chi connectivity index (χ1v) is 4.55. The van der Waals surface area contributed by atoms with Crippen LogP contribution in [0.3, 0.4) is 0 Å². The third kappa shape index (κ3) is 8.25. The van der Waals surface area contributed by atoms with Crippen LogP contribution in [-0.2, 0) is 0 Å². The highest BCUT2D eigenvalue weighted by molar-refractivity contribution is 6.20. The predicted molar refractivity (Wildman–Crippen MR) is 47.7 cm³/mol. The van der Waals surface area contributed by atoms with Gasteiger partial charge in [0.05, 0.1) is 0 Å². The number of alkyl halides is 1. The van der Waals surface area contributed by atoms with Gasteiger partial charge in [0.15, 0.2) is 0 Å². The molecule has 0 saturated heterocycles. The molecule has 0 saturated carbocycles. The Morgan fingerprint density at radius 1 is 1.40 bits per heavy atom. The Kier molecular flexibility index (Phi) is 7.54. The lowest BCUT2D eigenvalue weighted by Gasteiger charge is -2.04. The van der Waals surface area contributed by atoms with Crippen molar-refractivity contribution in [1.29, 1.82) is 0 Å². The molecule has 0 aliphatic carbocycles. The summed E-state index contributed by atoms with van der Waals surface area (Å²) in [6, 6.07) is 0. The summed E-state index contributed by atoms with van der Waals surface area (Å²) in [4.78, 5) is 0. The Hall–Kier alpha value is 0.250. The van der Waals surface area contributed by atoms with Gasteiger partial charge in [0, 0.05) is 11.9 Å². The lowest BCUT2D eigenvalue weighted by molar-refractivity contribution is 0.614. The van der Waals surface area contributed by atoms with E-state index < -0.39 is 0 Å². The molecule has 0 heterocycles. The zero-order valence-corrected chi connectivity index (χ0v) is 7.75. The molecule has 62 valence electrons. The summed E-state index contributed by atoms with van der Waals surface area (Å²) in [5, 5.41) is 3.55. The van der Waals surface area contributed by atoms with Gasteiger partial charge in [-0.05, 0) is 19.9 Å². The van der Waals surface area contributed by atoms with Crippen LogP contribution in [0.15, 0.2) is 0 Å². The molecular weight excluding hydrogens is 146 g/mol. The summed E-state index contributed by atoms with van der Waals surface area (Å²) in [6.07, 6.45) is 3.89. The van der Waals surface area contributed by atoms with Gasteiger partial charge in [-0.3, -0.25) is 0 Å². The highest BCUT2D eigenvalue weighted by Crippen LogP contribution is 1.93. The highest BCUT2D eigenvalue weighted by atomic mass is 35.5. The maximum atomic E-state index is 5.73. The Morgan fingerprint density at radius 2 is 2.10 bits per heavy atom. The second kappa shape index (κ2) is 7.36. The predicted octanol–water partition coefficient (Wildman–Crippen LogP) is 2.39. The molecule has 1 N–H and O–H groups in total. The van der Waals surface area contributed by atoms with Gasteiger partial charge in [-0.25, -0.2) is 0 Å². The Morgan fingerprint density at radius 3 is 2.60 bits per heavy atom. The van der Waals surface area contributed by atoms with E-state index >= 15 is 0 Å². The summed E-state index contributed by atoms with van der Waals surface area (Å²) in [7, 11) is 0. The van der Waals surface area contributed by atoms with Crippen molar-refractivity contribution in [3.05, 3.63) is 0 Å². The molecule has 0 aliphatic heterocycles. The first-order valence-electron chi connectivity index (χ1n) is 4.12. The summed E-state index contributed by atoms with van der Waals surface area (Å²) in [5.41, 5.74) is 0. The van der Waals surface area contributed by atoms with E-state index in [1.807, 2.05) is 6.92 Å². The molecule has 0 spiro atoms. The van der Waals surface area contributed by atoms with E-state index in [1.54, 1.807) is 0 Å². The van der Waals surface area contributed by atoms with Crippen LogP contribution in [0.1, 0.15) is 33.1 Å². The normalized spacial score (nSPS) is 13.5. The lowest BCUT2D eigenvalue weighted by atomic mass is 10.2. The molecule has 0 bridgehead atoms. The molecule has 0 aromatic heterocycles. The van der Waals surface area contributed by atoms with Gasteiger partial charge in [0.25, 0.3) is 0 Å². The van der Waals surface area contributed by atoms with Crippen molar-refractivity contribution in [3.63, 3.8) is 0 Å². The molecule has 1 atom stereocenters. The Balaban J connectivity index is 2.77. The number of unbranched alkanes of at least 4 members (excludes halogenated alkanes) is 2. The van der Waals surface area contributed by atoms with Crippen LogP contribution in [0.5, 0.6) is 0 Å². The van der Waals surface area contributed by atoms with E-state index in [2.05, 4.69) is 12.2 Å². The maximum absolute atomic E-state index is 5.73. The van der Waals surface area contributed by atoms with Gasteiger partial charge in [-0.1, -0.05) is 19.8 Å². The Bertz CT molecular complexity index is 64.3. The van der Waals surface area contributed by atoms with Gasteiger partial charge in [0.2, 0.25) is 0 Å². The summed E-state index contributed by atoms with van der Waals surface area (Å²) in [5.74, 6) is 0. The second-order valence-electron chi connectivity index (χ2n) is 2.69. The van der Waals surface area contributed by atoms with Crippen molar-refractivity contribution in [2.24, 2.45) is 0 Å². The van der Waals surface area contributed by atoms with Gasteiger partial charge in [0.1, 0.15) is 0 Å². The zero-order chi connectivity index (χ0) is 7.82. The summed E-state index contributed by atoms with van der Waals surface area (Å²) < 4.78 is 0.